The third-order valence-corrected chi connectivity index (χ3v) is 1.73. The van der Waals surface area contributed by atoms with Crippen molar-refractivity contribution >= 4 is 6.21 Å². The highest BCUT2D eigenvalue weighted by Gasteiger charge is 2.13. The van der Waals surface area contributed by atoms with E-state index in [-0.39, 0.29) is 5.54 Å². The molecule has 72 valence electrons. The van der Waals surface area contributed by atoms with Crippen LogP contribution in [0.15, 0.2) is 23.9 Å². The van der Waals surface area contributed by atoms with E-state index in [1.807, 2.05) is 6.21 Å². The van der Waals surface area contributed by atoms with Crippen molar-refractivity contribution in [3.8, 4) is 0 Å². The third-order valence-electron chi connectivity index (χ3n) is 1.73. The van der Waals surface area contributed by atoms with Gasteiger partial charge in [-0.2, -0.15) is 0 Å². The summed E-state index contributed by atoms with van der Waals surface area (Å²) < 4.78 is 0. The molecule has 0 saturated carbocycles. The van der Waals surface area contributed by atoms with E-state index in [0.29, 0.717) is 6.04 Å². The Morgan fingerprint density at radius 2 is 2.15 bits per heavy atom. The molecule has 0 fully saturated rings. The maximum atomic E-state index is 3.35. The van der Waals surface area contributed by atoms with Crippen LogP contribution in [0.1, 0.15) is 27.7 Å². The first kappa shape index (κ1) is 10.0. The molecule has 0 amide bonds. The van der Waals surface area contributed by atoms with Gasteiger partial charge in [-0.25, -0.2) is 4.99 Å². The lowest BCUT2D eigenvalue weighted by atomic mass is 10.1. The standard InChI is InChI=1S/C11H18N2/c1-9-6-5-7-10(13-9)8-12-11(2,3)4/h5-9,13H,1-4H3/p+1. The van der Waals surface area contributed by atoms with Gasteiger partial charge in [-0.3, -0.25) is 0 Å². The fourth-order valence-corrected chi connectivity index (χ4v) is 1.07. The molecule has 2 N–H and O–H groups in total. The molecule has 13 heavy (non-hydrogen) atoms. The maximum absolute atomic E-state index is 3.35. The fourth-order valence-electron chi connectivity index (χ4n) is 1.07. The molecule has 1 aliphatic heterocycles. The summed E-state index contributed by atoms with van der Waals surface area (Å²) in [7, 11) is 0. The summed E-state index contributed by atoms with van der Waals surface area (Å²) in [6, 6.07) is 0.429. The van der Waals surface area contributed by atoms with Crippen molar-refractivity contribution in [1.82, 2.24) is 5.32 Å². The van der Waals surface area contributed by atoms with E-state index in [2.05, 4.69) is 56.2 Å². The second-order valence-corrected chi connectivity index (χ2v) is 4.48. The van der Waals surface area contributed by atoms with Crippen LogP contribution in [0.4, 0.5) is 0 Å². The van der Waals surface area contributed by atoms with E-state index < -0.39 is 0 Å². The second kappa shape index (κ2) is 3.77. The minimum atomic E-state index is 0.132. The highest BCUT2D eigenvalue weighted by molar-refractivity contribution is 5.74. The van der Waals surface area contributed by atoms with Gasteiger partial charge in [0.05, 0.1) is 5.70 Å². The van der Waals surface area contributed by atoms with Crippen molar-refractivity contribution in [2.24, 2.45) is 0 Å². The highest BCUT2D eigenvalue weighted by atomic mass is 14.9. The summed E-state index contributed by atoms with van der Waals surface area (Å²) in [5, 5.41) is 3.35. The zero-order valence-electron chi connectivity index (χ0n) is 8.89. The van der Waals surface area contributed by atoms with Crippen molar-refractivity contribution in [3.63, 3.8) is 0 Å². The van der Waals surface area contributed by atoms with Gasteiger partial charge in [0.2, 0.25) is 0 Å². The highest BCUT2D eigenvalue weighted by Crippen LogP contribution is 1.98. The number of hydrogen-bond acceptors (Lipinski definition) is 1. The summed E-state index contributed by atoms with van der Waals surface area (Å²) in [4.78, 5) is 3.32. The number of nitrogens with one attached hydrogen (secondary N) is 2. The lowest BCUT2D eigenvalue weighted by molar-refractivity contribution is -0.533. The van der Waals surface area contributed by atoms with Crippen LogP contribution in [0.5, 0.6) is 0 Å². The van der Waals surface area contributed by atoms with E-state index >= 15 is 0 Å². The van der Waals surface area contributed by atoms with E-state index in [9.17, 15) is 0 Å². The van der Waals surface area contributed by atoms with Gasteiger partial charge in [-0.1, -0.05) is 12.2 Å². The van der Waals surface area contributed by atoms with Crippen LogP contribution in [-0.4, -0.2) is 17.8 Å². The van der Waals surface area contributed by atoms with Crippen molar-refractivity contribution in [2.45, 2.75) is 39.3 Å². The molecule has 0 aliphatic carbocycles. The van der Waals surface area contributed by atoms with Crippen molar-refractivity contribution in [1.29, 1.82) is 0 Å². The Kier molecular flexibility index (Phi) is 2.91. The molecule has 2 nitrogen and oxygen atoms in total. The molecule has 1 atom stereocenters. The number of allylic oxidation sites excluding steroid dienone is 3. The minimum absolute atomic E-state index is 0.132. The summed E-state index contributed by atoms with van der Waals surface area (Å²) in [5.74, 6) is 0. The zero-order chi connectivity index (χ0) is 9.90. The Balaban J connectivity index is 2.60. The fraction of sp³-hybridized carbons (Fsp3) is 0.545. The van der Waals surface area contributed by atoms with Crippen molar-refractivity contribution in [3.05, 3.63) is 23.9 Å². The molecule has 1 heterocycles. The number of hydrogen-bond donors (Lipinski definition) is 2. The molecule has 0 aromatic rings. The van der Waals surface area contributed by atoms with Gasteiger partial charge in [-0.05, 0) is 33.8 Å². The van der Waals surface area contributed by atoms with E-state index in [0.717, 1.165) is 5.70 Å². The number of dihydropyridines is 1. The average molecular weight is 179 g/mol. The molecule has 0 spiro atoms. The van der Waals surface area contributed by atoms with Gasteiger partial charge in [0.25, 0.3) is 0 Å². The van der Waals surface area contributed by atoms with Crippen LogP contribution in [0, 0.1) is 0 Å². The smallest absolute Gasteiger partial charge is 0.185 e. The third kappa shape index (κ3) is 3.92. The van der Waals surface area contributed by atoms with Crippen LogP contribution < -0.4 is 10.3 Å². The number of rotatable bonds is 1. The Morgan fingerprint density at radius 1 is 1.46 bits per heavy atom. The molecule has 2 heteroatoms. The minimum Gasteiger partial charge on any atom is -0.374 e. The van der Waals surface area contributed by atoms with Crippen LogP contribution in [-0.2, 0) is 0 Å². The molecular formula is C11H19N2+. The molecular weight excluding hydrogens is 160 g/mol. The van der Waals surface area contributed by atoms with Crippen molar-refractivity contribution in [2.75, 3.05) is 0 Å². The predicted molar refractivity (Wildman–Crippen MR) is 56.6 cm³/mol. The summed E-state index contributed by atoms with van der Waals surface area (Å²) in [5.41, 5.74) is 1.28. The van der Waals surface area contributed by atoms with Gasteiger partial charge in [-0.15, -0.1) is 0 Å². The van der Waals surface area contributed by atoms with E-state index in [1.165, 1.54) is 0 Å². The van der Waals surface area contributed by atoms with Gasteiger partial charge in [0, 0.05) is 6.04 Å². The summed E-state index contributed by atoms with van der Waals surface area (Å²) in [6.07, 6.45) is 8.31. The molecule has 0 radical (unpaired) electrons. The van der Waals surface area contributed by atoms with E-state index in [1.54, 1.807) is 0 Å². The summed E-state index contributed by atoms with van der Waals surface area (Å²) >= 11 is 0. The van der Waals surface area contributed by atoms with Crippen LogP contribution in [0.3, 0.4) is 0 Å². The van der Waals surface area contributed by atoms with Gasteiger partial charge < -0.3 is 5.32 Å². The first-order valence-corrected chi connectivity index (χ1v) is 4.73. The molecule has 0 aromatic heterocycles. The Labute approximate surface area is 80.4 Å². The normalized spacial score (nSPS) is 23.1. The molecule has 0 bridgehead atoms. The van der Waals surface area contributed by atoms with Crippen LogP contribution >= 0.6 is 0 Å². The van der Waals surface area contributed by atoms with E-state index in [4.69, 9.17) is 0 Å². The Bertz CT molecular complexity index is 254. The Hall–Kier alpha value is -1.05. The SMILES string of the molecule is CC1C=CC=C(C=[NH+]C(C)(C)C)N1. The molecule has 1 rings (SSSR count). The second-order valence-electron chi connectivity index (χ2n) is 4.48. The molecule has 0 aromatic carbocycles. The van der Waals surface area contributed by atoms with Crippen LogP contribution in [0.2, 0.25) is 0 Å². The predicted octanol–water partition coefficient (Wildman–Crippen LogP) is 0.368. The van der Waals surface area contributed by atoms with Crippen molar-refractivity contribution < 1.29 is 4.99 Å². The van der Waals surface area contributed by atoms with Crippen LogP contribution in [0.25, 0.3) is 0 Å². The van der Waals surface area contributed by atoms with Gasteiger partial charge in [0.15, 0.2) is 11.8 Å². The van der Waals surface area contributed by atoms with Gasteiger partial charge >= 0.3 is 0 Å². The first-order chi connectivity index (χ1) is 5.97. The monoisotopic (exact) mass is 179 g/mol. The maximum Gasteiger partial charge on any atom is 0.185 e. The zero-order valence-corrected chi connectivity index (χ0v) is 8.89. The lowest BCUT2D eigenvalue weighted by Crippen LogP contribution is -2.82. The Morgan fingerprint density at radius 3 is 2.69 bits per heavy atom. The molecule has 1 unspecified atom stereocenters. The molecule has 1 aliphatic rings. The lowest BCUT2D eigenvalue weighted by Gasteiger charge is -2.14. The average Bonchev–Trinajstić information content (AvgIpc) is 2.00. The largest absolute Gasteiger partial charge is 0.374 e. The topological polar surface area (TPSA) is 26.0 Å². The first-order valence-electron chi connectivity index (χ1n) is 4.73. The summed E-state index contributed by atoms with van der Waals surface area (Å²) in [6.45, 7) is 8.57. The quantitative estimate of drug-likeness (QED) is 0.559. The van der Waals surface area contributed by atoms with Gasteiger partial charge in [0.1, 0.15) is 0 Å². The molecule has 0 saturated heterocycles.